The smallest absolute Gasteiger partial charge is 0.0964 e. The zero-order chi connectivity index (χ0) is 14.4. The third-order valence-electron chi connectivity index (χ3n) is 3.72. The predicted octanol–water partition coefficient (Wildman–Crippen LogP) is 1.61. The Labute approximate surface area is 126 Å². The van der Waals surface area contributed by atoms with Gasteiger partial charge in [-0.3, -0.25) is 4.68 Å². The minimum absolute atomic E-state index is 0.432. The standard InChI is InChI=1S/C14H27N5S/c1-4-15-11-13-12-19(17-16-13)8-7-18-6-5-14(2,3)20-10-9-18/h12,15H,4-11H2,1-3H3. The molecule has 1 saturated heterocycles. The largest absolute Gasteiger partial charge is 0.311 e. The number of aromatic nitrogens is 3. The van der Waals surface area contributed by atoms with Crippen LogP contribution in [0.25, 0.3) is 0 Å². The lowest BCUT2D eigenvalue weighted by Gasteiger charge is -2.22. The van der Waals surface area contributed by atoms with Crippen molar-refractivity contribution in [2.45, 2.75) is 45.0 Å². The molecule has 20 heavy (non-hydrogen) atoms. The van der Waals surface area contributed by atoms with Gasteiger partial charge in [-0.25, -0.2) is 0 Å². The van der Waals surface area contributed by atoms with E-state index in [-0.39, 0.29) is 0 Å². The van der Waals surface area contributed by atoms with Gasteiger partial charge in [-0.05, 0) is 19.5 Å². The maximum atomic E-state index is 4.20. The van der Waals surface area contributed by atoms with Crippen molar-refractivity contribution in [3.05, 3.63) is 11.9 Å². The van der Waals surface area contributed by atoms with Crippen molar-refractivity contribution in [1.29, 1.82) is 0 Å². The second kappa shape index (κ2) is 7.43. The highest BCUT2D eigenvalue weighted by atomic mass is 32.2. The first kappa shape index (κ1) is 15.8. The van der Waals surface area contributed by atoms with Crippen molar-refractivity contribution < 1.29 is 0 Å². The van der Waals surface area contributed by atoms with Crippen LogP contribution < -0.4 is 5.32 Å². The SMILES string of the molecule is CCNCc1cn(CCN2CCSC(C)(C)CC2)nn1. The van der Waals surface area contributed by atoms with E-state index in [0.29, 0.717) is 4.75 Å². The second-order valence-electron chi connectivity index (χ2n) is 5.95. The average molecular weight is 297 g/mol. The van der Waals surface area contributed by atoms with Crippen LogP contribution in [-0.4, -0.2) is 56.6 Å². The molecule has 1 aliphatic heterocycles. The maximum absolute atomic E-state index is 4.20. The van der Waals surface area contributed by atoms with Crippen LogP contribution in [0.15, 0.2) is 6.20 Å². The van der Waals surface area contributed by atoms with Crippen LogP contribution >= 0.6 is 11.8 Å². The molecular weight excluding hydrogens is 270 g/mol. The summed E-state index contributed by atoms with van der Waals surface area (Å²) >= 11 is 2.10. The topological polar surface area (TPSA) is 46.0 Å². The highest BCUT2D eigenvalue weighted by Gasteiger charge is 2.23. The molecule has 0 radical (unpaired) electrons. The lowest BCUT2D eigenvalue weighted by molar-refractivity contribution is 0.267. The van der Waals surface area contributed by atoms with Crippen LogP contribution in [0.2, 0.25) is 0 Å². The molecule has 2 heterocycles. The molecule has 1 aliphatic rings. The maximum Gasteiger partial charge on any atom is 0.0964 e. The Morgan fingerprint density at radius 2 is 2.20 bits per heavy atom. The molecule has 1 aromatic heterocycles. The number of hydrogen-bond donors (Lipinski definition) is 1. The fraction of sp³-hybridized carbons (Fsp3) is 0.857. The van der Waals surface area contributed by atoms with Crippen LogP contribution in [0.3, 0.4) is 0 Å². The highest BCUT2D eigenvalue weighted by Crippen LogP contribution is 2.30. The van der Waals surface area contributed by atoms with Gasteiger partial charge in [0.15, 0.2) is 0 Å². The monoisotopic (exact) mass is 297 g/mol. The van der Waals surface area contributed by atoms with Crippen molar-refractivity contribution in [3.8, 4) is 0 Å². The first-order chi connectivity index (χ1) is 9.59. The summed E-state index contributed by atoms with van der Waals surface area (Å²) in [6.07, 6.45) is 3.32. The number of hydrogen-bond acceptors (Lipinski definition) is 5. The van der Waals surface area contributed by atoms with Crippen LogP contribution in [0.4, 0.5) is 0 Å². The quantitative estimate of drug-likeness (QED) is 0.864. The molecule has 2 rings (SSSR count). The van der Waals surface area contributed by atoms with Crippen LogP contribution in [-0.2, 0) is 13.1 Å². The molecule has 0 aromatic carbocycles. The molecule has 0 unspecified atom stereocenters. The van der Waals surface area contributed by atoms with Gasteiger partial charge in [0.25, 0.3) is 0 Å². The fourth-order valence-electron chi connectivity index (χ4n) is 2.31. The van der Waals surface area contributed by atoms with Gasteiger partial charge in [-0.1, -0.05) is 26.0 Å². The minimum atomic E-state index is 0.432. The van der Waals surface area contributed by atoms with Gasteiger partial charge >= 0.3 is 0 Å². The number of thioether (sulfide) groups is 1. The first-order valence-electron chi connectivity index (χ1n) is 7.55. The average Bonchev–Trinajstić information content (AvgIpc) is 2.79. The summed E-state index contributed by atoms with van der Waals surface area (Å²) in [4.78, 5) is 2.55. The third-order valence-corrected chi connectivity index (χ3v) is 5.09. The lowest BCUT2D eigenvalue weighted by Crippen LogP contribution is -2.30. The van der Waals surface area contributed by atoms with Gasteiger partial charge in [0.2, 0.25) is 0 Å². The molecule has 1 fully saturated rings. The molecule has 0 aliphatic carbocycles. The highest BCUT2D eigenvalue weighted by molar-refractivity contribution is 8.00. The van der Waals surface area contributed by atoms with Crippen molar-refractivity contribution in [2.75, 3.05) is 31.9 Å². The summed E-state index contributed by atoms with van der Waals surface area (Å²) in [7, 11) is 0. The molecule has 0 amide bonds. The van der Waals surface area contributed by atoms with E-state index in [0.717, 1.165) is 31.9 Å². The van der Waals surface area contributed by atoms with Crippen LogP contribution in [0.5, 0.6) is 0 Å². The molecular formula is C14H27N5S. The van der Waals surface area contributed by atoms with Gasteiger partial charge in [-0.2, -0.15) is 11.8 Å². The summed E-state index contributed by atoms with van der Waals surface area (Å²) in [5.74, 6) is 1.23. The van der Waals surface area contributed by atoms with Crippen LogP contribution in [0, 0.1) is 0 Å². The van der Waals surface area contributed by atoms with Crippen molar-refractivity contribution in [3.63, 3.8) is 0 Å². The summed E-state index contributed by atoms with van der Waals surface area (Å²) in [5.41, 5.74) is 1.03. The Morgan fingerprint density at radius 3 is 3.00 bits per heavy atom. The summed E-state index contributed by atoms with van der Waals surface area (Å²) in [6, 6.07) is 0. The number of nitrogens with zero attached hydrogens (tertiary/aromatic N) is 4. The summed E-state index contributed by atoms with van der Waals surface area (Å²) in [5, 5.41) is 11.7. The van der Waals surface area contributed by atoms with Gasteiger partial charge < -0.3 is 10.2 Å². The Kier molecular flexibility index (Phi) is 5.86. The minimum Gasteiger partial charge on any atom is -0.311 e. The van der Waals surface area contributed by atoms with Crippen molar-refractivity contribution in [1.82, 2.24) is 25.2 Å². The summed E-state index contributed by atoms with van der Waals surface area (Å²) in [6.45, 7) is 13.0. The zero-order valence-electron chi connectivity index (χ0n) is 12.9. The molecule has 0 saturated carbocycles. The van der Waals surface area contributed by atoms with E-state index >= 15 is 0 Å². The van der Waals surface area contributed by atoms with Gasteiger partial charge in [0.1, 0.15) is 0 Å². The number of nitrogens with one attached hydrogen (secondary N) is 1. The molecule has 0 spiro atoms. The van der Waals surface area contributed by atoms with Crippen molar-refractivity contribution in [2.24, 2.45) is 0 Å². The Hall–Kier alpha value is -0.590. The molecule has 114 valence electrons. The van der Waals surface area contributed by atoms with Gasteiger partial charge in [0, 0.05) is 36.3 Å². The second-order valence-corrected chi connectivity index (χ2v) is 7.76. The Bertz CT molecular complexity index is 404. The van der Waals surface area contributed by atoms with E-state index in [1.54, 1.807) is 0 Å². The van der Waals surface area contributed by atoms with E-state index in [2.05, 4.69) is 59.3 Å². The Morgan fingerprint density at radius 1 is 1.35 bits per heavy atom. The van der Waals surface area contributed by atoms with Crippen molar-refractivity contribution >= 4 is 11.8 Å². The molecule has 0 atom stereocenters. The Balaban J connectivity index is 1.75. The van der Waals surface area contributed by atoms with E-state index in [9.17, 15) is 0 Å². The van der Waals surface area contributed by atoms with Gasteiger partial charge in [-0.15, -0.1) is 5.10 Å². The predicted molar refractivity (Wildman–Crippen MR) is 85.0 cm³/mol. The van der Waals surface area contributed by atoms with E-state index in [1.807, 2.05) is 4.68 Å². The fourth-order valence-corrected chi connectivity index (χ4v) is 3.45. The van der Waals surface area contributed by atoms with E-state index < -0.39 is 0 Å². The zero-order valence-corrected chi connectivity index (χ0v) is 13.7. The van der Waals surface area contributed by atoms with E-state index in [1.165, 1.54) is 25.3 Å². The summed E-state index contributed by atoms with van der Waals surface area (Å²) < 4.78 is 2.40. The molecule has 5 nitrogen and oxygen atoms in total. The lowest BCUT2D eigenvalue weighted by atomic mass is 10.1. The molecule has 1 aromatic rings. The first-order valence-corrected chi connectivity index (χ1v) is 8.54. The number of rotatable bonds is 6. The molecule has 6 heteroatoms. The third kappa shape index (κ3) is 5.07. The molecule has 1 N–H and O–H groups in total. The molecule has 0 bridgehead atoms. The van der Waals surface area contributed by atoms with E-state index in [4.69, 9.17) is 0 Å². The normalized spacial score (nSPS) is 19.9. The van der Waals surface area contributed by atoms with Crippen LogP contribution in [0.1, 0.15) is 32.9 Å². The van der Waals surface area contributed by atoms with Gasteiger partial charge in [0.05, 0.1) is 12.2 Å².